The maximum atomic E-state index is 13.0. The molecular weight excluding hydrogens is 430 g/mol. The van der Waals surface area contributed by atoms with Crippen molar-refractivity contribution in [3.8, 4) is 34.4 Å². The Labute approximate surface area is 196 Å². The van der Waals surface area contributed by atoms with Crippen LogP contribution in [0.2, 0.25) is 0 Å². The fourth-order valence-electron chi connectivity index (χ4n) is 3.58. The van der Waals surface area contributed by atoms with Crippen LogP contribution in [0.3, 0.4) is 0 Å². The molecule has 9 heteroatoms. The van der Waals surface area contributed by atoms with Crippen LogP contribution in [0.1, 0.15) is 55.7 Å². The van der Waals surface area contributed by atoms with E-state index in [0.29, 0.717) is 24.5 Å². The fraction of sp³-hybridized carbons (Fsp3) is 0.280. The second-order valence-corrected chi connectivity index (χ2v) is 7.75. The molecule has 0 aliphatic heterocycles. The zero-order valence-electron chi connectivity index (χ0n) is 19.2. The molecule has 9 nitrogen and oxygen atoms in total. The Morgan fingerprint density at radius 1 is 1.06 bits per heavy atom. The minimum Gasteiger partial charge on any atom is -0.272 e. The lowest BCUT2D eigenvalue weighted by Gasteiger charge is -2.09. The number of carbonyl (C=O) groups excluding carboxylic acids is 1. The lowest BCUT2D eigenvalue weighted by Crippen LogP contribution is -2.30. The van der Waals surface area contributed by atoms with Gasteiger partial charge in [0.1, 0.15) is 0 Å². The van der Waals surface area contributed by atoms with Gasteiger partial charge >= 0.3 is 5.69 Å². The van der Waals surface area contributed by atoms with Crippen LogP contribution in [0.15, 0.2) is 53.3 Å². The van der Waals surface area contributed by atoms with Gasteiger partial charge in [-0.05, 0) is 39.5 Å². The van der Waals surface area contributed by atoms with Gasteiger partial charge in [-0.3, -0.25) is 9.36 Å². The molecule has 0 saturated carbocycles. The molecule has 0 radical (unpaired) electrons. The third kappa shape index (κ3) is 4.86. The number of nitrogens with one attached hydrogen (secondary N) is 1. The lowest BCUT2D eigenvalue weighted by molar-refractivity contribution is 0.0878. The Kier molecular flexibility index (Phi) is 7.08. The van der Waals surface area contributed by atoms with Crippen LogP contribution >= 0.6 is 0 Å². The van der Waals surface area contributed by atoms with E-state index in [9.17, 15) is 9.59 Å². The summed E-state index contributed by atoms with van der Waals surface area (Å²) < 4.78 is 2.40. The topological polar surface area (TPSA) is 111 Å². The maximum Gasteiger partial charge on any atom is 0.354 e. The van der Waals surface area contributed by atoms with Crippen molar-refractivity contribution < 1.29 is 4.79 Å². The highest BCUT2D eigenvalue weighted by atomic mass is 16.2. The Hall–Kier alpha value is -4.32. The van der Waals surface area contributed by atoms with Crippen LogP contribution in [-0.4, -0.2) is 40.9 Å². The molecule has 0 atom stereocenters. The van der Waals surface area contributed by atoms with Crippen LogP contribution in [-0.2, 0) is 6.54 Å². The Morgan fingerprint density at radius 3 is 2.50 bits per heavy atom. The number of benzene rings is 2. The van der Waals surface area contributed by atoms with E-state index in [4.69, 9.17) is 0 Å². The minimum atomic E-state index is -0.464. The summed E-state index contributed by atoms with van der Waals surface area (Å²) in [5.74, 6) is 6.45. The molecule has 0 fully saturated rings. The second kappa shape index (κ2) is 10.5. The van der Waals surface area contributed by atoms with E-state index in [1.165, 1.54) is 4.57 Å². The SMILES string of the molecule is CCC#Cc1nn(C(=O)CCCC)c(=O)n1Cc1ccc(-c2ccccc2-c2nnn[nH]2)cc1. The standard InChI is InChI=1S/C25H25N7O2/c1-3-5-11-22-28-32(23(33)12-6-4-2)25(34)31(22)17-18-13-15-19(16-14-18)20-9-7-8-10-21(20)24-26-29-30-27-24/h7-10,13-16H,3-4,6,12,17H2,1-2H3,(H,26,27,29,30). The first kappa shape index (κ1) is 22.9. The third-order valence-corrected chi connectivity index (χ3v) is 5.35. The highest BCUT2D eigenvalue weighted by Gasteiger charge is 2.17. The van der Waals surface area contributed by atoms with Crippen molar-refractivity contribution in [1.82, 2.24) is 35.0 Å². The van der Waals surface area contributed by atoms with E-state index >= 15 is 0 Å². The molecule has 0 spiro atoms. The Balaban J connectivity index is 1.64. The second-order valence-electron chi connectivity index (χ2n) is 7.75. The van der Waals surface area contributed by atoms with E-state index in [1.807, 2.05) is 62.4 Å². The smallest absolute Gasteiger partial charge is 0.272 e. The lowest BCUT2D eigenvalue weighted by atomic mass is 9.98. The van der Waals surface area contributed by atoms with Crippen LogP contribution in [0.25, 0.3) is 22.5 Å². The van der Waals surface area contributed by atoms with E-state index in [-0.39, 0.29) is 18.9 Å². The van der Waals surface area contributed by atoms with Gasteiger partial charge in [0.15, 0.2) is 5.82 Å². The molecule has 0 aliphatic carbocycles. The van der Waals surface area contributed by atoms with Gasteiger partial charge in [-0.1, -0.05) is 74.7 Å². The number of rotatable bonds is 7. The molecule has 172 valence electrons. The number of aromatic nitrogens is 7. The molecule has 1 N–H and O–H groups in total. The van der Waals surface area contributed by atoms with E-state index < -0.39 is 5.69 Å². The minimum absolute atomic E-state index is 0.265. The summed E-state index contributed by atoms with van der Waals surface area (Å²) in [7, 11) is 0. The quantitative estimate of drug-likeness (QED) is 0.427. The van der Waals surface area contributed by atoms with Gasteiger partial charge < -0.3 is 0 Å². The summed E-state index contributed by atoms with van der Waals surface area (Å²) >= 11 is 0. The monoisotopic (exact) mass is 455 g/mol. The molecule has 0 aliphatic rings. The largest absolute Gasteiger partial charge is 0.354 e. The highest BCUT2D eigenvalue weighted by molar-refractivity contribution is 5.80. The van der Waals surface area contributed by atoms with Gasteiger partial charge in [0, 0.05) is 18.4 Å². The molecule has 2 aromatic heterocycles. The molecule has 2 aromatic carbocycles. The summed E-state index contributed by atoms with van der Waals surface area (Å²) in [6.07, 6.45) is 2.48. The van der Waals surface area contributed by atoms with Crippen LogP contribution in [0.4, 0.5) is 0 Å². The number of nitrogens with zero attached hydrogens (tertiary/aromatic N) is 6. The molecule has 0 bridgehead atoms. The van der Waals surface area contributed by atoms with Crippen molar-refractivity contribution in [3.05, 3.63) is 70.4 Å². The van der Waals surface area contributed by atoms with Crippen molar-refractivity contribution >= 4 is 5.91 Å². The van der Waals surface area contributed by atoms with Gasteiger partial charge in [-0.25, -0.2) is 9.89 Å². The van der Waals surface area contributed by atoms with Crippen molar-refractivity contribution in [2.24, 2.45) is 0 Å². The van der Waals surface area contributed by atoms with Gasteiger partial charge in [0.05, 0.1) is 6.54 Å². The zero-order chi connectivity index (χ0) is 23.9. The van der Waals surface area contributed by atoms with Crippen molar-refractivity contribution in [2.75, 3.05) is 0 Å². The number of unbranched alkanes of at least 4 members (excludes halogenated alkanes) is 1. The average molecular weight is 456 g/mol. The van der Waals surface area contributed by atoms with E-state index in [0.717, 1.165) is 33.4 Å². The molecule has 34 heavy (non-hydrogen) atoms. The maximum absolute atomic E-state index is 13.0. The van der Waals surface area contributed by atoms with Crippen molar-refractivity contribution in [3.63, 3.8) is 0 Å². The molecule has 0 unspecified atom stereocenters. The third-order valence-electron chi connectivity index (χ3n) is 5.35. The predicted octanol–water partition coefficient (Wildman–Crippen LogP) is 3.53. The van der Waals surface area contributed by atoms with Crippen molar-refractivity contribution in [1.29, 1.82) is 0 Å². The molecule has 4 rings (SSSR count). The first-order chi connectivity index (χ1) is 16.6. The molecule has 0 saturated heterocycles. The first-order valence-corrected chi connectivity index (χ1v) is 11.3. The molecular formula is C25H25N7O2. The number of aromatic amines is 1. The van der Waals surface area contributed by atoms with Crippen LogP contribution < -0.4 is 5.69 Å². The van der Waals surface area contributed by atoms with E-state index in [1.54, 1.807) is 0 Å². The molecule has 4 aromatic rings. The average Bonchev–Trinajstić information content (AvgIpc) is 3.51. The predicted molar refractivity (Wildman–Crippen MR) is 128 cm³/mol. The highest BCUT2D eigenvalue weighted by Crippen LogP contribution is 2.29. The van der Waals surface area contributed by atoms with Gasteiger partial charge in [0.2, 0.25) is 5.82 Å². The summed E-state index contributed by atoms with van der Waals surface area (Å²) in [5, 5.41) is 18.4. The normalized spacial score (nSPS) is 10.6. The fourth-order valence-corrected chi connectivity index (χ4v) is 3.58. The summed E-state index contributed by atoms with van der Waals surface area (Å²) in [4.78, 5) is 25.4. The number of H-pyrrole nitrogens is 1. The van der Waals surface area contributed by atoms with Gasteiger partial charge in [-0.2, -0.15) is 0 Å². The summed E-state index contributed by atoms with van der Waals surface area (Å²) in [5.41, 5.74) is 3.28. The number of carbonyl (C=O) groups is 1. The number of tetrazole rings is 1. The van der Waals surface area contributed by atoms with Crippen molar-refractivity contribution in [2.45, 2.75) is 46.1 Å². The van der Waals surface area contributed by atoms with E-state index in [2.05, 4.69) is 37.6 Å². The molecule has 2 heterocycles. The number of hydrogen-bond donors (Lipinski definition) is 1. The van der Waals surface area contributed by atoms with Crippen LogP contribution in [0, 0.1) is 11.8 Å². The number of hydrogen-bond acceptors (Lipinski definition) is 6. The summed E-state index contributed by atoms with van der Waals surface area (Å²) in [6.45, 7) is 4.18. The first-order valence-electron chi connectivity index (χ1n) is 11.3. The molecule has 0 amide bonds. The van der Waals surface area contributed by atoms with Crippen LogP contribution in [0.5, 0.6) is 0 Å². The Morgan fingerprint density at radius 2 is 1.82 bits per heavy atom. The van der Waals surface area contributed by atoms with Gasteiger partial charge in [-0.15, -0.1) is 14.9 Å². The van der Waals surface area contributed by atoms with Gasteiger partial charge in [0.25, 0.3) is 5.91 Å². The zero-order valence-corrected chi connectivity index (χ0v) is 19.2. The summed E-state index contributed by atoms with van der Waals surface area (Å²) in [6, 6.07) is 15.7. The Bertz CT molecular complexity index is 1390.